The highest BCUT2D eigenvalue weighted by atomic mass is 35.5. The van der Waals surface area contributed by atoms with Crippen molar-refractivity contribution in [1.29, 1.82) is 0 Å². The Morgan fingerprint density at radius 2 is 2.00 bits per heavy atom. The zero-order chi connectivity index (χ0) is 11.5. The second-order valence-corrected chi connectivity index (χ2v) is 4.20. The Morgan fingerprint density at radius 3 is 2.75 bits per heavy atom. The van der Waals surface area contributed by atoms with Gasteiger partial charge in [0.05, 0.1) is 0 Å². The molecule has 0 aromatic carbocycles. The maximum absolute atomic E-state index is 5.98. The lowest BCUT2D eigenvalue weighted by Crippen LogP contribution is -2.11. The molecule has 2 heterocycles. The molecule has 0 saturated heterocycles. The van der Waals surface area contributed by atoms with E-state index in [1.807, 2.05) is 0 Å². The average molecular weight is 238 g/mol. The largest absolute Gasteiger partial charge is 0.354 e. The number of nitrogens with zero attached hydrogens (tertiary/aromatic N) is 4. The van der Waals surface area contributed by atoms with Crippen LogP contribution in [0.2, 0.25) is 5.15 Å². The van der Waals surface area contributed by atoms with Crippen LogP contribution in [0.3, 0.4) is 0 Å². The Balaban J connectivity index is 2.34. The van der Waals surface area contributed by atoms with Gasteiger partial charge in [0.15, 0.2) is 10.8 Å². The second kappa shape index (κ2) is 4.57. The van der Waals surface area contributed by atoms with Gasteiger partial charge in [-0.05, 0) is 5.92 Å². The molecule has 0 bridgehead atoms. The van der Waals surface area contributed by atoms with Crippen molar-refractivity contribution < 1.29 is 0 Å². The van der Waals surface area contributed by atoms with E-state index in [0.717, 1.165) is 6.54 Å². The third-order valence-corrected chi connectivity index (χ3v) is 2.22. The number of hydrogen-bond acceptors (Lipinski definition) is 5. The van der Waals surface area contributed by atoms with E-state index >= 15 is 0 Å². The van der Waals surface area contributed by atoms with Gasteiger partial charge in [0.25, 0.3) is 0 Å². The van der Waals surface area contributed by atoms with E-state index in [1.54, 1.807) is 12.4 Å². The first kappa shape index (κ1) is 11.0. The molecule has 0 amide bonds. The minimum absolute atomic E-state index is 0.323. The molecule has 16 heavy (non-hydrogen) atoms. The summed E-state index contributed by atoms with van der Waals surface area (Å²) in [6.45, 7) is 5.01. The van der Waals surface area contributed by atoms with Crippen LogP contribution in [0.1, 0.15) is 13.8 Å². The molecule has 0 radical (unpaired) electrons. The predicted molar refractivity (Wildman–Crippen MR) is 63.5 cm³/mol. The van der Waals surface area contributed by atoms with E-state index in [-0.39, 0.29) is 0 Å². The van der Waals surface area contributed by atoms with Crippen molar-refractivity contribution >= 4 is 28.7 Å². The maximum Gasteiger partial charge on any atom is 0.226 e. The molecule has 5 nitrogen and oxygen atoms in total. The van der Waals surface area contributed by atoms with Gasteiger partial charge in [-0.15, -0.1) is 0 Å². The van der Waals surface area contributed by atoms with Crippen molar-refractivity contribution in [1.82, 2.24) is 19.9 Å². The van der Waals surface area contributed by atoms with E-state index in [1.165, 1.54) is 0 Å². The van der Waals surface area contributed by atoms with Gasteiger partial charge >= 0.3 is 0 Å². The van der Waals surface area contributed by atoms with E-state index in [0.29, 0.717) is 28.2 Å². The highest BCUT2D eigenvalue weighted by molar-refractivity contribution is 6.33. The summed E-state index contributed by atoms with van der Waals surface area (Å²) in [6.07, 6.45) is 3.15. The molecule has 0 aliphatic heterocycles. The van der Waals surface area contributed by atoms with Crippen LogP contribution >= 0.6 is 11.6 Å². The Bertz CT molecular complexity index is 500. The lowest BCUT2D eigenvalue weighted by atomic mass is 10.2. The van der Waals surface area contributed by atoms with Crippen LogP contribution in [-0.2, 0) is 0 Å². The molecule has 0 spiro atoms. The van der Waals surface area contributed by atoms with Crippen LogP contribution in [0.5, 0.6) is 0 Å². The number of anilines is 1. The van der Waals surface area contributed by atoms with Crippen molar-refractivity contribution in [2.45, 2.75) is 13.8 Å². The van der Waals surface area contributed by atoms with Crippen molar-refractivity contribution in [3.8, 4) is 0 Å². The summed E-state index contributed by atoms with van der Waals surface area (Å²) < 4.78 is 0. The van der Waals surface area contributed by atoms with Gasteiger partial charge < -0.3 is 5.32 Å². The normalized spacial score (nSPS) is 11.0. The van der Waals surface area contributed by atoms with Crippen molar-refractivity contribution in [2.24, 2.45) is 5.92 Å². The second-order valence-electron chi connectivity index (χ2n) is 3.84. The van der Waals surface area contributed by atoms with Gasteiger partial charge in [0.2, 0.25) is 5.95 Å². The fraction of sp³-hybridized carbons (Fsp3) is 0.400. The molecule has 0 atom stereocenters. The zero-order valence-corrected chi connectivity index (χ0v) is 9.86. The monoisotopic (exact) mass is 237 g/mol. The number of fused-ring (bicyclic) bond motifs is 1. The van der Waals surface area contributed by atoms with E-state index < -0.39 is 0 Å². The summed E-state index contributed by atoms with van der Waals surface area (Å²) in [5.41, 5.74) is 1.04. The van der Waals surface area contributed by atoms with Gasteiger partial charge in [-0.1, -0.05) is 25.4 Å². The molecule has 84 valence electrons. The fourth-order valence-electron chi connectivity index (χ4n) is 1.20. The molecule has 2 aromatic rings. The van der Waals surface area contributed by atoms with Gasteiger partial charge in [-0.2, -0.15) is 9.97 Å². The first-order chi connectivity index (χ1) is 7.66. The first-order valence-electron chi connectivity index (χ1n) is 5.05. The SMILES string of the molecule is CC(C)CNc1nc(Cl)c2nccnc2n1. The topological polar surface area (TPSA) is 63.6 Å². The number of aromatic nitrogens is 4. The standard InChI is InChI=1S/C10H12ClN5/c1-6(2)5-14-10-15-8(11)7-9(16-10)13-4-3-12-7/h3-4,6H,5H2,1-2H3,(H,13,14,15,16). The van der Waals surface area contributed by atoms with E-state index in [4.69, 9.17) is 11.6 Å². The molecule has 0 fully saturated rings. The van der Waals surface area contributed by atoms with Gasteiger partial charge in [0.1, 0.15) is 5.52 Å². The summed E-state index contributed by atoms with van der Waals surface area (Å²) in [7, 11) is 0. The summed E-state index contributed by atoms with van der Waals surface area (Å²) in [5.74, 6) is 1.01. The third-order valence-electron chi connectivity index (χ3n) is 1.96. The van der Waals surface area contributed by atoms with Gasteiger partial charge in [-0.25, -0.2) is 9.97 Å². The lowest BCUT2D eigenvalue weighted by molar-refractivity contribution is 0.685. The highest BCUT2D eigenvalue weighted by Crippen LogP contribution is 2.17. The summed E-state index contributed by atoms with van der Waals surface area (Å²) >= 11 is 5.98. The van der Waals surface area contributed by atoms with Crippen LogP contribution in [0.4, 0.5) is 5.95 Å². The van der Waals surface area contributed by atoms with E-state index in [2.05, 4.69) is 39.1 Å². The molecule has 0 aliphatic carbocycles. The molecule has 2 aromatic heterocycles. The van der Waals surface area contributed by atoms with Crippen LogP contribution in [-0.4, -0.2) is 26.5 Å². The fourth-order valence-corrected chi connectivity index (χ4v) is 1.42. The van der Waals surface area contributed by atoms with Crippen LogP contribution < -0.4 is 5.32 Å². The summed E-state index contributed by atoms with van der Waals surface area (Å²) in [5, 5.41) is 3.43. The van der Waals surface area contributed by atoms with Crippen molar-refractivity contribution in [2.75, 3.05) is 11.9 Å². The van der Waals surface area contributed by atoms with Gasteiger partial charge in [-0.3, -0.25) is 0 Å². The summed E-state index contributed by atoms with van der Waals surface area (Å²) in [4.78, 5) is 16.5. The smallest absolute Gasteiger partial charge is 0.226 e. The molecular formula is C10H12ClN5. The highest BCUT2D eigenvalue weighted by Gasteiger charge is 2.07. The molecule has 1 N–H and O–H groups in total. The van der Waals surface area contributed by atoms with Crippen LogP contribution in [0.15, 0.2) is 12.4 Å². The van der Waals surface area contributed by atoms with Crippen LogP contribution in [0.25, 0.3) is 11.2 Å². The Morgan fingerprint density at radius 1 is 1.25 bits per heavy atom. The Labute approximate surface area is 98.3 Å². The average Bonchev–Trinajstić information content (AvgIpc) is 2.26. The minimum atomic E-state index is 0.323. The quantitative estimate of drug-likeness (QED) is 0.829. The van der Waals surface area contributed by atoms with Gasteiger partial charge in [0, 0.05) is 18.9 Å². The minimum Gasteiger partial charge on any atom is -0.354 e. The molecule has 0 aliphatic rings. The molecular weight excluding hydrogens is 226 g/mol. The Kier molecular flexibility index (Phi) is 3.14. The van der Waals surface area contributed by atoms with Crippen LogP contribution in [0, 0.1) is 5.92 Å². The maximum atomic E-state index is 5.98. The Hall–Kier alpha value is -1.49. The molecule has 0 saturated carbocycles. The third kappa shape index (κ3) is 2.36. The number of rotatable bonds is 3. The molecule has 0 unspecified atom stereocenters. The summed E-state index contributed by atoms with van der Waals surface area (Å²) in [6, 6.07) is 0. The number of hydrogen-bond donors (Lipinski definition) is 1. The first-order valence-corrected chi connectivity index (χ1v) is 5.42. The van der Waals surface area contributed by atoms with Crippen molar-refractivity contribution in [3.05, 3.63) is 17.5 Å². The predicted octanol–water partition coefficient (Wildman–Crippen LogP) is 2.14. The lowest BCUT2D eigenvalue weighted by Gasteiger charge is -2.07. The molecule has 2 rings (SSSR count). The number of halogens is 1. The number of nitrogens with one attached hydrogen (secondary N) is 1. The molecule has 6 heteroatoms. The van der Waals surface area contributed by atoms with E-state index in [9.17, 15) is 0 Å². The van der Waals surface area contributed by atoms with Crippen molar-refractivity contribution in [3.63, 3.8) is 0 Å². The zero-order valence-electron chi connectivity index (χ0n) is 9.11.